The third kappa shape index (κ3) is 3.74. The first-order valence-electron chi connectivity index (χ1n) is 3.20. The molecule has 0 aromatic rings. The molecule has 0 spiro atoms. The molecule has 0 saturated heterocycles. The van der Waals surface area contributed by atoms with Crippen LogP contribution in [0.25, 0.3) is 0 Å². The zero-order chi connectivity index (χ0) is 6.41. The zero-order valence-corrected chi connectivity index (χ0v) is 5.70. The van der Waals surface area contributed by atoms with Gasteiger partial charge in [-0.15, -0.1) is 0 Å². The van der Waals surface area contributed by atoms with Crippen LogP contribution in [0.1, 0.15) is 33.1 Å². The molecule has 0 aromatic heterocycles. The Morgan fingerprint density at radius 3 is 2.62 bits per heavy atom. The van der Waals surface area contributed by atoms with Gasteiger partial charge in [-0.1, -0.05) is 26.2 Å². The summed E-state index contributed by atoms with van der Waals surface area (Å²) in [5.74, 6) is 3.15. The molecule has 0 saturated carbocycles. The lowest BCUT2D eigenvalue weighted by Crippen LogP contribution is -1.89. The summed E-state index contributed by atoms with van der Waals surface area (Å²) in [5, 5.41) is 0. The van der Waals surface area contributed by atoms with Gasteiger partial charge < -0.3 is 0 Å². The molecule has 45 valence electrons. The summed E-state index contributed by atoms with van der Waals surface area (Å²) >= 11 is 0. The Morgan fingerprint density at radius 1 is 1.62 bits per heavy atom. The van der Waals surface area contributed by atoms with Crippen molar-refractivity contribution in [3.05, 3.63) is 6.42 Å². The van der Waals surface area contributed by atoms with Crippen LogP contribution >= 0.6 is 0 Å². The second kappa shape index (κ2) is 4.71. The van der Waals surface area contributed by atoms with Crippen LogP contribution in [0.3, 0.4) is 0 Å². The second-order valence-corrected chi connectivity index (χ2v) is 2.23. The highest BCUT2D eigenvalue weighted by molar-refractivity contribution is 4.75. The molecule has 0 nitrogen and oxygen atoms in total. The lowest BCUT2D eigenvalue weighted by molar-refractivity contribution is 0.525. The molecule has 0 bridgehead atoms. The zero-order valence-electron chi connectivity index (χ0n) is 5.70. The van der Waals surface area contributed by atoms with Gasteiger partial charge in [0.1, 0.15) is 0 Å². The third-order valence-corrected chi connectivity index (χ3v) is 1.46. The van der Waals surface area contributed by atoms with Crippen LogP contribution in [-0.2, 0) is 0 Å². The van der Waals surface area contributed by atoms with Crippen LogP contribution in [0.15, 0.2) is 0 Å². The van der Waals surface area contributed by atoms with Gasteiger partial charge in [0.05, 0.1) is 0 Å². The van der Waals surface area contributed by atoms with E-state index in [2.05, 4.69) is 19.8 Å². The minimum absolute atomic E-state index is 0.771. The fraction of sp³-hybridized carbons (Fsp3) is 0.750. The predicted molar refractivity (Wildman–Crippen MR) is 35.8 cm³/mol. The molecular weight excluding hydrogens is 96.1 g/mol. The summed E-state index contributed by atoms with van der Waals surface area (Å²) in [4.78, 5) is 0. The monoisotopic (exact) mass is 109 g/mol. The lowest BCUT2D eigenvalue weighted by atomic mass is 10.0. The number of rotatable bonds is 3. The van der Waals surface area contributed by atoms with Gasteiger partial charge >= 0.3 is 0 Å². The molecule has 0 heterocycles. The van der Waals surface area contributed by atoms with Crippen LogP contribution in [0, 0.1) is 18.3 Å². The van der Waals surface area contributed by atoms with Gasteiger partial charge in [0.15, 0.2) is 0 Å². The fourth-order valence-electron chi connectivity index (χ4n) is 0.523. The number of hydrogen-bond donors (Lipinski definition) is 0. The Morgan fingerprint density at radius 2 is 2.25 bits per heavy atom. The van der Waals surface area contributed by atoms with Crippen LogP contribution in [-0.4, -0.2) is 0 Å². The highest BCUT2D eigenvalue weighted by Crippen LogP contribution is 2.07. The molecule has 1 radical (unpaired) electrons. The van der Waals surface area contributed by atoms with E-state index in [9.17, 15) is 0 Å². The maximum absolute atomic E-state index is 6.62. The molecule has 0 heteroatoms. The van der Waals surface area contributed by atoms with Gasteiger partial charge in [-0.05, 0) is 18.8 Å². The average molecular weight is 109 g/mol. The van der Waals surface area contributed by atoms with Gasteiger partial charge in [-0.3, -0.25) is 0 Å². The molecule has 0 fully saturated rings. The molecule has 0 aliphatic rings. The van der Waals surface area contributed by atoms with Gasteiger partial charge in [0.25, 0.3) is 0 Å². The first-order chi connectivity index (χ1) is 3.81. The molecule has 0 aliphatic heterocycles. The van der Waals surface area contributed by atoms with E-state index >= 15 is 0 Å². The minimum atomic E-state index is 0.771. The van der Waals surface area contributed by atoms with Crippen molar-refractivity contribution in [3.8, 4) is 5.92 Å². The van der Waals surface area contributed by atoms with E-state index in [4.69, 9.17) is 6.42 Å². The topological polar surface area (TPSA) is 0 Å². The number of hydrogen-bond acceptors (Lipinski definition) is 0. The minimum Gasteiger partial charge on any atom is -0.0891 e. The molecule has 0 aromatic carbocycles. The van der Waals surface area contributed by atoms with Crippen molar-refractivity contribution in [2.24, 2.45) is 5.92 Å². The van der Waals surface area contributed by atoms with E-state index in [1.807, 2.05) is 0 Å². The molecule has 0 amide bonds. The van der Waals surface area contributed by atoms with Gasteiger partial charge in [-0.2, -0.15) is 0 Å². The summed E-state index contributed by atoms with van der Waals surface area (Å²) in [5.41, 5.74) is 0. The smallest absolute Gasteiger partial charge is 0.0101 e. The van der Waals surface area contributed by atoms with E-state index in [1.54, 1.807) is 0 Å². The third-order valence-electron chi connectivity index (χ3n) is 1.46. The van der Waals surface area contributed by atoms with Crippen molar-refractivity contribution in [1.29, 1.82) is 0 Å². The lowest BCUT2D eigenvalue weighted by Gasteiger charge is -2.02. The van der Waals surface area contributed by atoms with Crippen molar-refractivity contribution in [1.82, 2.24) is 0 Å². The molecule has 1 unspecified atom stereocenters. The molecular formula is C8H13. The van der Waals surface area contributed by atoms with E-state index in [1.165, 1.54) is 6.42 Å². The summed E-state index contributed by atoms with van der Waals surface area (Å²) in [6.45, 7) is 4.38. The summed E-state index contributed by atoms with van der Waals surface area (Å²) in [6, 6.07) is 0. The molecule has 0 aliphatic carbocycles. The largest absolute Gasteiger partial charge is 0.0891 e. The van der Waals surface area contributed by atoms with Crippen molar-refractivity contribution < 1.29 is 0 Å². The Hall–Kier alpha value is -0.440. The predicted octanol–water partition coefficient (Wildman–Crippen LogP) is 2.40. The van der Waals surface area contributed by atoms with Crippen LogP contribution in [0.2, 0.25) is 0 Å². The second-order valence-electron chi connectivity index (χ2n) is 2.23. The quantitative estimate of drug-likeness (QED) is 0.488. The van der Waals surface area contributed by atoms with Gasteiger partial charge in [0.2, 0.25) is 0 Å². The van der Waals surface area contributed by atoms with E-state index in [0.29, 0.717) is 0 Å². The SMILES string of the molecule is [C]#CCCC(C)CC. The first kappa shape index (κ1) is 7.56. The summed E-state index contributed by atoms with van der Waals surface area (Å²) < 4.78 is 0. The molecule has 8 heavy (non-hydrogen) atoms. The standard InChI is InChI=1S/C8H13/c1-4-6-7-8(3)5-2/h8H,5-7H2,2-3H3. The van der Waals surface area contributed by atoms with E-state index in [-0.39, 0.29) is 0 Å². The Balaban J connectivity index is 3.01. The Kier molecular flexibility index (Phi) is 4.45. The fourth-order valence-corrected chi connectivity index (χ4v) is 0.523. The Labute approximate surface area is 52.3 Å². The van der Waals surface area contributed by atoms with Gasteiger partial charge in [-0.25, -0.2) is 0 Å². The average Bonchev–Trinajstić information content (AvgIpc) is 1.83. The van der Waals surface area contributed by atoms with Crippen molar-refractivity contribution in [2.75, 3.05) is 0 Å². The van der Waals surface area contributed by atoms with E-state index in [0.717, 1.165) is 18.8 Å². The van der Waals surface area contributed by atoms with Crippen molar-refractivity contribution >= 4 is 0 Å². The molecule has 0 N–H and O–H groups in total. The van der Waals surface area contributed by atoms with Crippen molar-refractivity contribution in [3.63, 3.8) is 0 Å². The Bertz CT molecular complexity index is 76.5. The highest BCUT2D eigenvalue weighted by atomic mass is 14.0. The van der Waals surface area contributed by atoms with Gasteiger partial charge in [0, 0.05) is 6.42 Å². The summed E-state index contributed by atoms with van der Waals surface area (Å²) in [7, 11) is 0. The highest BCUT2D eigenvalue weighted by Gasteiger charge is 1.94. The first-order valence-corrected chi connectivity index (χ1v) is 3.20. The molecule has 0 rings (SSSR count). The van der Waals surface area contributed by atoms with Crippen LogP contribution in [0.5, 0.6) is 0 Å². The maximum atomic E-state index is 6.62. The summed E-state index contributed by atoms with van der Waals surface area (Å²) in [6.07, 6.45) is 9.80. The van der Waals surface area contributed by atoms with Crippen molar-refractivity contribution in [2.45, 2.75) is 33.1 Å². The van der Waals surface area contributed by atoms with Crippen LogP contribution < -0.4 is 0 Å². The maximum Gasteiger partial charge on any atom is 0.0101 e. The van der Waals surface area contributed by atoms with E-state index < -0.39 is 0 Å². The van der Waals surface area contributed by atoms with Crippen LogP contribution in [0.4, 0.5) is 0 Å². The normalized spacial score (nSPS) is 12.6. The molecule has 1 atom stereocenters.